The molecule has 2 aliphatic rings. The van der Waals surface area contributed by atoms with Gasteiger partial charge in [0.05, 0.1) is 0 Å². The number of carbonyl (C=O) groups is 1. The first-order valence-electron chi connectivity index (χ1n) is 6.05. The van der Waals surface area contributed by atoms with Gasteiger partial charge in [-0.25, -0.2) is 5.43 Å². The highest BCUT2D eigenvalue weighted by atomic mass is 16.2. The lowest BCUT2D eigenvalue weighted by Gasteiger charge is -2.10. The molecule has 1 saturated carbocycles. The summed E-state index contributed by atoms with van der Waals surface area (Å²) in [6.07, 6.45) is 6.80. The molecule has 0 radical (unpaired) electrons. The van der Waals surface area contributed by atoms with E-state index in [4.69, 9.17) is 0 Å². The highest BCUT2D eigenvalue weighted by Gasteiger charge is 2.38. The minimum Gasteiger partial charge on any atom is -0.325 e. The summed E-state index contributed by atoms with van der Waals surface area (Å²) in [6, 6.07) is 3.91. The van der Waals surface area contributed by atoms with Gasteiger partial charge in [0.25, 0.3) is 0 Å². The van der Waals surface area contributed by atoms with E-state index >= 15 is 0 Å². The minimum absolute atomic E-state index is 0.0202. The Morgan fingerprint density at radius 3 is 2.76 bits per heavy atom. The average Bonchev–Trinajstić information content (AvgIpc) is 3.08. The van der Waals surface area contributed by atoms with Crippen LogP contribution in [0.4, 0.5) is 5.69 Å². The molecule has 5 nitrogen and oxygen atoms in total. The third-order valence-electron chi connectivity index (χ3n) is 3.39. The average molecular weight is 232 g/mol. The fraction of sp³-hybridized carbons (Fsp3) is 0.500. The second-order valence-electron chi connectivity index (χ2n) is 4.75. The molecule has 5 heteroatoms. The van der Waals surface area contributed by atoms with E-state index in [1.807, 2.05) is 0 Å². The van der Waals surface area contributed by atoms with Crippen LogP contribution in [0.1, 0.15) is 19.3 Å². The predicted molar refractivity (Wildman–Crippen MR) is 64.1 cm³/mol. The Balaban J connectivity index is 1.56. The van der Waals surface area contributed by atoms with E-state index in [9.17, 15) is 4.79 Å². The van der Waals surface area contributed by atoms with Crippen LogP contribution in [0.15, 0.2) is 24.5 Å². The van der Waals surface area contributed by atoms with Crippen LogP contribution in [0.2, 0.25) is 0 Å². The smallest absolute Gasteiger partial charge is 0.242 e. The molecule has 1 aliphatic heterocycles. The molecule has 2 fully saturated rings. The molecule has 0 spiro atoms. The van der Waals surface area contributed by atoms with Gasteiger partial charge in [-0.2, -0.15) is 0 Å². The molecule has 0 aromatic carbocycles. The van der Waals surface area contributed by atoms with E-state index in [0.29, 0.717) is 6.04 Å². The number of amides is 1. The minimum atomic E-state index is -0.131. The van der Waals surface area contributed by atoms with Gasteiger partial charge in [0, 0.05) is 24.1 Å². The van der Waals surface area contributed by atoms with Crippen molar-refractivity contribution in [3.05, 3.63) is 24.5 Å². The summed E-state index contributed by atoms with van der Waals surface area (Å²) in [5.41, 5.74) is 7.08. The summed E-state index contributed by atoms with van der Waals surface area (Å²) < 4.78 is 0. The molecule has 0 bridgehead atoms. The topological polar surface area (TPSA) is 66.0 Å². The largest absolute Gasteiger partial charge is 0.325 e. The van der Waals surface area contributed by atoms with Crippen LogP contribution in [0.3, 0.4) is 0 Å². The Bertz CT molecular complexity index is 404. The highest BCUT2D eigenvalue weighted by Crippen LogP contribution is 2.35. The van der Waals surface area contributed by atoms with Gasteiger partial charge in [0.15, 0.2) is 0 Å². The fourth-order valence-corrected chi connectivity index (χ4v) is 2.23. The maximum Gasteiger partial charge on any atom is 0.242 e. The number of hydrogen-bond donors (Lipinski definition) is 3. The normalized spacial score (nSPS) is 28.0. The number of hydrogen-bond acceptors (Lipinski definition) is 4. The second-order valence-corrected chi connectivity index (χ2v) is 4.75. The van der Waals surface area contributed by atoms with Gasteiger partial charge in [-0.15, -0.1) is 0 Å². The van der Waals surface area contributed by atoms with Gasteiger partial charge in [-0.3, -0.25) is 15.2 Å². The van der Waals surface area contributed by atoms with Gasteiger partial charge in [0.2, 0.25) is 5.91 Å². The van der Waals surface area contributed by atoms with E-state index in [1.54, 1.807) is 24.5 Å². The van der Waals surface area contributed by atoms with Gasteiger partial charge < -0.3 is 5.32 Å². The summed E-state index contributed by atoms with van der Waals surface area (Å²) in [5.74, 6) is 0.785. The van der Waals surface area contributed by atoms with Gasteiger partial charge in [-0.1, -0.05) is 0 Å². The van der Waals surface area contributed by atoms with Crippen LogP contribution in [0.5, 0.6) is 0 Å². The first-order valence-corrected chi connectivity index (χ1v) is 6.05. The Kier molecular flexibility index (Phi) is 2.78. The Morgan fingerprint density at radius 2 is 2.06 bits per heavy atom. The lowest BCUT2D eigenvalue weighted by Crippen LogP contribution is -2.40. The standard InChI is InChI=1S/C12H16N4O/c17-12(14-9-3-5-13-6-4-9)11-7-10(15-16-11)8-1-2-8/h3-6,8,10-11,15-16H,1-2,7H2,(H,13,14,17). The molecule has 3 N–H and O–H groups in total. The number of anilines is 1. The summed E-state index contributed by atoms with van der Waals surface area (Å²) in [7, 11) is 0. The SMILES string of the molecule is O=C(Nc1ccncc1)C1CC(C2CC2)NN1. The van der Waals surface area contributed by atoms with Gasteiger partial charge in [0.1, 0.15) is 6.04 Å². The van der Waals surface area contributed by atoms with Crippen molar-refractivity contribution in [1.82, 2.24) is 15.8 Å². The first kappa shape index (κ1) is 10.7. The molecule has 2 unspecified atom stereocenters. The maximum absolute atomic E-state index is 12.0. The van der Waals surface area contributed by atoms with Crippen LogP contribution >= 0.6 is 0 Å². The van der Waals surface area contributed by atoms with Gasteiger partial charge >= 0.3 is 0 Å². The summed E-state index contributed by atoms with van der Waals surface area (Å²) in [6.45, 7) is 0. The molecule has 90 valence electrons. The molecule has 3 rings (SSSR count). The molecule has 1 amide bonds. The Labute approximate surface area is 100.0 Å². The van der Waals surface area contributed by atoms with E-state index in [0.717, 1.165) is 18.0 Å². The van der Waals surface area contributed by atoms with Crippen molar-refractivity contribution in [2.45, 2.75) is 31.3 Å². The second kappa shape index (κ2) is 4.43. The number of carbonyl (C=O) groups excluding carboxylic acids is 1. The van der Waals surface area contributed by atoms with Crippen LogP contribution < -0.4 is 16.2 Å². The van der Waals surface area contributed by atoms with Crippen LogP contribution in [0, 0.1) is 5.92 Å². The zero-order valence-electron chi connectivity index (χ0n) is 9.52. The molecule has 1 aliphatic carbocycles. The Morgan fingerprint density at radius 1 is 1.29 bits per heavy atom. The zero-order valence-corrected chi connectivity index (χ0v) is 9.52. The fourth-order valence-electron chi connectivity index (χ4n) is 2.23. The number of aromatic nitrogens is 1. The summed E-state index contributed by atoms with van der Waals surface area (Å²) in [5, 5.41) is 2.88. The molecule has 1 aromatic rings. The molecule has 1 aromatic heterocycles. The predicted octanol–water partition coefficient (Wildman–Crippen LogP) is 0.665. The molecule has 1 saturated heterocycles. The lowest BCUT2D eigenvalue weighted by atomic mass is 10.1. The van der Waals surface area contributed by atoms with E-state index in [-0.39, 0.29) is 11.9 Å². The van der Waals surface area contributed by atoms with Gasteiger partial charge in [-0.05, 0) is 37.3 Å². The van der Waals surface area contributed by atoms with Crippen molar-refractivity contribution in [2.24, 2.45) is 5.92 Å². The quantitative estimate of drug-likeness (QED) is 0.716. The maximum atomic E-state index is 12.0. The summed E-state index contributed by atoms with van der Waals surface area (Å²) >= 11 is 0. The van der Waals surface area contributed by atoms with E-state index in [1.165, 1.54) is 12.8 Å². The number of pyridine rings is 1. The molecular formula is C12H16N4O. The van der Waals surface area contributed by atoms with Crippen LogP contribution in [-0.4, -0.2) is 23.0 Å². The van der Waals surface area contributed by atoms with Crippen LogP contribution in [-0.2, 0) is 4.79 Å². The number of nitrogens with one attached hydrogen (secondary N) is 3. The third kappa shape index (κ3) is 2.45. The lowest BCUT2D eigenvalue weighted by molar-refractivity contribution is -0.117. The molecular weight excluding hydrogens is 216 g/mol. The van der Waals surface area contributed by atoms with Crippen molar-refractivity contribution in [2.75, 3.05) is 5.32 Å². The number of rotatable bonds is 3. The highest BCUT2D eigenvalue weighted by molar-refractivity contribution is 5.94. The number of hydrazine groups is 1. The van der Waals surface area contributed by atoms with E-state index in [2.05, 4.69) is 21.2 Å². The third-order valence-corrected chi connectivity index (χ3v) is 3.39. The van der Waals surface area contributed by atoms with Crippen molar-refractivity contribution >= 4 is 11.6 Å². The summed E-state index contributed by atoms with van der Waals surface area (Å²) in [4.78, 5) is 15.9. The molecule has 2 heterocycles. The van der Waals surface area contributed by atoms with Crippen LogP contribution in [0.25, 0.3) is 0 Å². The van der Waals surface area contributed by atoms with Crippen molar-refractivity contribution in [1.29, 1.82) is 0 Å². The molecule has 17 heavy (non-hydrogen) atoms. The molecule has 2 atom stereocenters. The van der Waals surface area contributed by atoms with E-state index < -0.39 is 0 Å². The van der Waals surface area contributed by atoms with Crippen molar-refractivity contribution < 1.29 is 4.79 Å². The number of nitrogens with zero attached hydrogens (tertiary/aromatic N) is 1. The van der Waals surface area contributed by atoms with Crippen molar-refractivity contribution in [3.8, 4) is 0 Å². The van der Waals surface area contributed by atoms with Crippen molar-refractivity contribution in [3.63, 3.8) is 0 Å². The zero-order chi connectivity index (χ0) is 11.7. The Hall–Kier alpha value is -1.46. The monoisotopic (exact) mass is 232 g/mol. The first-order chi connectivity index (χ1) is 8.33.